The molecule has 0 aromatic heterocycles. The summed E-state index contributed by atoms with van der Waals surface area (Å²) in [4.78, 5) is 16.4. The van der Waals surface area contributed by atoms with Crippen molar-refractivity contribution < 1.29 is 9.82 Å². The Morgan fingerprint density at radius 1 is 1.07 bits per heavy atom. The summed E-state index contributed by atoms with van der Waals surface area (Å²) in [5.74, 6) is 0. The predicted molar refractivity (Wildman–Crippen MR) is 111 cm³/mol. The fourth-order valence-electron chi connectivity index (χ4n) is 3.32. The van der Waals surface area contributed by atoms with Gasteiger partial charge in [-0.25, -0.2) is 0 Å². The van der Waals surface area contributed by atoms with Crippen LogP contribution in [0.2, 0.25) is 0 Å². The maximum Gasteiger partial charge on any atom is 0.269 e. The molecule has 6 heteroatoms. The van der Waals surface area contributed by atoms with E-state index in [1.165, 1.54) is 11.3 Å². The Morgan fingerprint density at radius 2 is 1.70 bits per heavy atom. The van der Waals surface area contributed by atoms with Gasteiger partial charge in [-0.1, -0.05) is 18.2 Å². The van der Waals surface area contributed by atoms with Crippen LogP contribution in [-0.2, 0) is 0 Å². The van der Waals surface area contributed by atoms with Crippen molar-refractivity contribution in [2.75, 3.05) is 56.6 Å². The van der Waals surface area contributed by atoms with Crippen molar-refractivity contribution >= 4 is 23.1 Å². The molecule has 0 atom stereocenters. The van der Waals surface area contributed by atoms with E-state index in [-0.39, 0.29) is 10.6 Å². The van der Waals surface area contributed by atoms with Gasteiger partial charge in [-0.05, 0) is 35.9 Å². The second-order valence-corrected chi connectivity index (χ2v) is 7.10. The molecule has 1 heterocycles. The third-order valence-electron chi connectivity index (χ3n) is 5.02. The molecule has 0 radical (unpaired) electrons. The molecule has 0 aliphatic carbocycles. The van der Waals surface area contributed by atoms with Crippen LogP contribution in [0.4, 0.5) is 17.1 Å². The summed E-state index contributed by atoms with van der Waals surface area (Å²) in [6.45, 7) is 5.10. The van der Waals surface area contributed by atoms with Gasteiger partial charge in [-0.2, -0.15) is 0 Å². The molecule has 1 aliphatic rings. The Labute approximate surface area is 160 Å². The Balaban J connectivity index is 1.47. The molecule has 1 saturated heterocycles. The van der Waals surface area contributed by atoms with Crippen molar-refractivity contribution in [1.82, 2.24) is 0 Å². The van der Waals surface area contributed by atoms with E-state index in [9.17, 15) is 10.1 Å². The molecule has 6 nitrogen and oxygen atoms in total. The third-order valence-corrected chi connectivity index (χ3v) is 5.02. The normalized spacial score (nSPS) is 15.3. The van der Waals surface area contributed by atoms with Gasteiger partial charge in [0.1, 0.15) is 0 Å². The number of nitro groups is 1. The topological polar surface area (TPSA) is 54.1 Å². The Morgan fingerprint density at radius 3 is 2.26 bits per heavy atom. The average Bonchev–Trinajstić information content (AvgIpc) is 2.69. The maximum atomic E-state index is 10.8. The van der Waals surface area contributed by atoms with Crippen LogP contribution >= 0.6 is 0 Å². The number of piperazine rings is 1. The lowest BCUT2D eigenvalue weighted by molar-refractivity contribution is -0.894. The highest BCUT2D eigenvalue weighted by atomic mass is 16.6. The van der Waals surface area contributed by atoms with Crippen molar-refractivity contribution in [2.24, 2.45) is 0 Å². The van der Waals surface area contributed by atoms with Crippen LogP contribution in [0.15, 0.2) is 54.6 Å². The van der Waals surface area contributed by atoms with Crippen molar-refractivity contribution in [2.45, 2.75) is 0 Å². The van der Waals surface area contributed by atoms with Crippen molar-refractivity contribution in [3.8, 4) is 0 Å². The van der Waals surface area contributed by atoms with Crippen LogP contribution < -0.4 is 14.7 Å². The van der Waals surface area contributed by atoms with Crippen LogP contribution in [0.1, 0.15) is 5.56 Å². The lowest BCUT2D eigenvalue weighted by atomic mass is 10.2. The van der Waals surface area contributed by atoms with Gasteiger partial charge in [-0.15, -0.1) is 0 Å². The summed E-state index contributed by atoms with van der Waals surface area (Å²) in [6, 6.07) is 15.4. The number of nitrogens with zero attached hydrogens (tertiary/aromatic N) is 3. The van der Waals surface area contributed by atoms with Gasteiger partial charge in [0, 0.05) is 37.6 Å². The standard InChI is InChI=1S/C21H26N4O2/c1-22(2)19-7-5-18(6-8-19)4-3-13-23-14-16-24(17-15-23)20-9-11-21(12-10-20)25(26)27/h3-12H,13-17H2,1-2H3/p+1/b4-3+. The molecule has 1 fully saturated rings. The van der Waals surface area contributed by atoms with E-state index in [4.69, 9.17) is 0 Å². The molecule has 2 aromatic rings. The molecule has 0 spiro atoms. The molecule has 0 amide bonds. The summed E-state index contributed by atoms with van der Waals surface area (Å²) >= 11 is 0. The summed E-state index contributed by atoms with van der Waals surface area (Å²) in [7, 11) is 4.09. The molecule has 1 N–H and O–H groups in total. The van der Waals surface area contributed by atoms with Gasteiger partial charge in [0.05, 0.1) is 37.6 Å². The quantitative estimate of drug-likeness (QED) is 0.627. The number of hydrogen-bond donors (Lipinski definition) is 1. The summed E-state index contributed by atoms with van der Waals surface area (Å²) < 4.78 is 0. The first-order valence-corrected chi connectivity index (χ1v) is 9.30. The second kappa shape index (κ2) is 8.68. The lowest BCUT2D eigenvalue weighted by Crippen LogP contribution is -3.14. The highest BCUT2D eigenvalue weighted by Gasteiger charge is 2.19. The molecule has 0 unspecified atom stereocenters. The zero-order valence-corrected chi connectivity index (χ0v) is 16.0. The van der Waals surface area contributed by atoms with Crippen molar-refractivity contribution in [3.63, 3.8) is 0 Å². The van der Waals surface area contributed by atoms with E-state index in [1.54, 1.807) is 17.0 Å². The van der Waals surface area contributed by atoms with Crippen LogP contribution in [0.25, 0.3) is 6.08 Å². The molecule has 2 aromatic carbocycles. The predicted octanol–water partition coefficient (Wildman–Crippen LogP) is 2.08. The number of anilines is 2. The smallest absolute Gasteiger partial charge is 0.269 e. The lowest BCUT2D eigenvalue weighted by Gasteiger charge is -2.33. The first-order chi connectivity index (χ1) is 13.0. The van der Waals surface area contributed by atoms with Gasteiger partial charge in [0.25, 0.3) is 5.69 Å². The Kier molecular flexibility index (Phi) is 6.08. The SMILES string of the molecule is CN(C)c1ccc(/C=C/C[NH+]2CCN(c3ccc([N+](=O)[O-])cc3)CC2)cc1. The van der Waals surface area contributed by atoms with Crippen molar-refractivity contribution in [1.29, 1.82) is 0 Å². The van der Waals surface area contributed by atoms with Gasteiger partial charge in [-0.3, -0.25) is 10.1 Å². The number of hydrogen-bond acceptors (Lipinski definition) is 4. The van der Waals surface area contributed by atoms with E-state index >= 15 is 0 Å². The summed E-state index contributed by atoms with van der Waals surface area (Å²) in [5, 5.41) is 10.8. The van der Waals surface area contributed by atoms with E-state index in [2.05, 4.69) is 46.2 Å². The van der Waals surface area contributed by atoms with Gasteiger partial charge >= 0.3 is 0 Å². The minimum absolute atomic E-state index is 0.145. The fourth-order valence-corrected chi connectivity index (χ4v) is 3.32. The van der Waals surface area contributed by atoms with Crippen LogP contribution in [-0.4, -0.2) is 51.7 Å². The monoisotopic (exact) mass is 367 g/mol. The highest BCUT2D eigenvalue weighted by Crippen LogP contribution is 2.19. The number of nitrogens with one attached hydrogen (secondary N) is 1. The zero-order chi connectivity index (χ0) is 19.2. The average molecular weight is 367 g/mol. The number of rotatable bonds is 6. The molecular formula is C21H27N4O2+. The fraction of sp³-hybridized carbons (Fsp3) is 0.333. The number of quaternary nitrogens is 1. The first kappa shape index (κ1) is 18.9. The van der Waals surface area contributed by atoms with Crippen molar-refractivity contribution in [3.05, 3.63) is 70.3 Å². The van der Waals surface area contributed by atoms with E-state index in [0.717, 1.165) is 38.4 Å². The third kappa shape index (κ3) is 5.08. The number of nitro benzene ring substituents is 1. The number of non-ortho nitro benzene ring substituents is 1. The van der Waals surface area contributed by atoms with Gasteiger partial charge in [0.2, 0.25) is 0 Å². The molecule has 3 rings (SSSR count). The van der Waals surface area contributed by atoms with Crippen LogP contribution in [0.3, 0.4) is 0 Å². The van der Waals surface area contributed by atoms with Crippen LogP contribution in [0, 0.1) is 10.1 Å². The second-order valence-electron chi connectivity index (χ2n) is 7.10. The highest BCUT2D eigenvalue weighted by molar-refractivity contribution is 5.55. The summed E-state index contributed by atoms with van der Waals surface area (Å²) in [6.07, 6.45) is 4.44. The zero-order valence-electron chi connectivity index (χ0n) is 16.0. The van der Waals surface area contributed by atoms with E-state index in [0.29, 0.717) is 0 Å². The molecule has 0 saturated carbocycles. The van der Waals surface area contributed by atoms with Gasteiger partial charge in [0.15, 0.2) is 0 Å². The molecule has 0 bridgehead atoms. The Hall–Kier alpha value is -2.86. The summed E-state index contributed by atoms with van der Waals surface area (Å²) in [5.41, 5.74) is 3.65. The molecule has 1 aliphatic heterocycles. The first-order valence-electron chi connectivity index (χ1n) is 9.30. The van der Waals surface area contributed by atoms with Crippen LogP contribution in [0.5, 0.6) is 0 Å². The minimum Gasteiger partial charge on any atom is -0.378 e. The van der Waals surface area contributed by atoms with E-state index in [1.807, 2.05) is 26.2 Å². The molecule has 142 valence electrons. The van der Waals surface area contributed by atoms with Gasteiger partial charge < -0.3 is 14.7 Å². The molecular weight excluding hydrogens is 340 g/mol. The van der Waals surface area contributed by atoms with E-state index < -0.39 is 0 Å². The maximum absolute atomic E-state index is 10.8. The molecule has 27 heavy (non-hydrogen) atoms. The minimum atomic E-state index is -0.355. The number of benzene rings is 2. The Bertz CT molecular complexity index is 777. The largest absolute Gasteiger partial charge is 0.378 e.